The van der Waals surface area contributed by atoms with Crippen molar-refractivity contribution in [3.8, 4) is 0 Å². The fraction of sp³-hybridized carbons (Fsp3) is 0.538. The van der Waals surface area contributed by atoms with Crippen LogP contribution in [0.15, 0.2) is 29.2 Å². The monoisotopic (exact) mass is 295 g/mol. The molecule has 0 saturated carbocycles. The molecule has 0 radical (unpaired) electrons. The number of rotatable bonds is 7. The van der Waals surface area contributed by atoms with E-state index in [1.807, 2.05) is 0 Å². The van der Waals surface area contributed by atoms with Gasteiger partial charge >= 0.3 is 6.18 Å². The van der Waals surface area contributed by atoms with Gasteiger partial charge in [0.1, 0.15) is 5.82 Å². The number of nitrogens with one attached hydrogen (secondary N) is 1. The van der Waals surface area contributed by atoms with Crippen LogP contribution in [0.3, 0.4) is 0 Å². The third-order valence-electron chi connectivity index (χ3n) is 2.70. The zero-order chi connectivity index (χ0) is 14.3. The van der Waals surface area contributed by atoms with Crippen molar-refractivity contribution < 1.29 is 17.6 Å². The van der Waals surface area contributed by atoms with Crippen LogP contribution in [0.4, 0.5) is 17.6 Å². The summed E-state index contributed by atoms with van der Waals surface area (Å²) >= 11 is 1.32. The molecule has 0 bridgehead atoms. The minimum atomic E-state index is -4.10. The Morgan fingerprint density at radius 2 is 1.95 bits per heavy atom. The van der Waals surface area contributed by atoms with Crippen LogP contribution in [0.2, 0.25) is 0 Å². The first-order valence-electron chi connectivity index (χ1n) is 6.03. The lowest BCUT2D eigenvalue weighted by Gasteiger charge is -2.16. The van der Waals surface area contributed by atoms with Crippen LogP contribution in [-0.2, 0) is 0 Å². The van der Waals surface area contributed by atoms with Crippen LogP contribution in [0.25, 0.3) is 0 Å². The molecule has 1 N–H and O–H groups in total. The molecule has 1 nitrogen and oxygen atoms in total. The van der Waals surface area contributed by atoms with Gasteiger partial charge in [-0.2, -0.15) is 13.2 Å². The first-order valence-corrected chi connectivity index (χ1v) is 7.02. The first kappa shape index (κ1) is 16.3. The van der Waals surface area contributed by atoms with Gasteiger partial charge in [0, 0.05) is 23.1 Å². The second-order valence-corrected chi connectivity index (χ2v) is 5.30. The fourth-order valence-electron chi connectivity index (χ4n) is 1.61. The highest BCUT2D eigenvalue weighted by atomic mass is 32.2. The van der Waals surface area contributed by atoms with Crippen LogP contribution in [-0.4, -0.2) is 25.0 Å². The summed E-state index contributed by atoms with van der Waals surface area (Å²) in [5.41, 5.74) is 0. The van der Waals surface area contributed by atoms with Crippen molar-refractivity contribution in [3.63, 3.8) is 0 Å². The Balaban J connectivity index is 2.35. The fourth-order valence-corrected chi connectivity index (χ4v) is 2.71. The van der Waals surface area contributed by atoms with E-state index in [9.17, 15) is 17.6 Å². The minimum absolute atomic E-state index is 0.0491. The highest BCUT2D eigenvalue weighted by molar-refractivity contribution is 7.99. The predicted molar refractivity (Wildman–Crippen MR) is 69.9 cm³/mol. The summed E-state index contributed by atoms with van der Waals surface area (Å²) < 4.78 is 49.5. The van der Waals surface area contributed by atoms with Gasteiger partial charge < -0.3 is 5.32 Å². The number of hydrogen-bond donors (Lipinski definition) is 1. The van der Waals surface area contributed by atoms with Crippen molar-refractivity contribution in [2.45, 2.75) is 36.4 Å². The molecule has 0 aromatic heterocycles. The van der Waals surface area contributed by atoms with E-state index >= 15 is 0 Å². The van der Waals surface area contributed by atoms with Crippen LogP contribution < -0.4 is 5.32 Å². The van der Waals surface area contributed by atoms with E-state index in [4.69, 9.17) is 0 Å². The smallest absolute Gasteiger partial charge is 0.316 e. The molecule has 1 atom stereocenters. The largest absolute Gasteiger partial charge is 0.389 e. The Morgan fingerprint density at radius 3 is 2.53 bits per heavy atom. The molecular weight excluding hydrogens is 278 g/mol. The standard InChI is InChI=1S/C13H17F4NS/c1-18-10(5-4-8-13(15,16)17)9-19-12-7-3-2-6-11(12)14/h2-3,6-7,10,18H,4-5,8-9H2,1H3. The lowest BCUT2D eigenvalue weighted by atomic mass is 10.1. The molecule has 19 heavy (non-hydrogen) atoms. The van der Waals surface area contributed by atoms with Crippen LogP contribution in [0.1, 0.15) is 19.3 Å². The summed E-state index contributed by atoms with van der Waals surface area (Å²) in [4.78, 5) is 0.526. The Labute approximate surface area is 114 Å². The predicted octanol–water partition coefficient (Wildman–Crippen LogP) is 4.24. The van der Waals surface area contributed by atoms with Crippen molar-refractivity contribution >= 4 is 11.8 Å². The van der Waals surface area contributed by atoms with Crippen molar-refractivity contribution in [3.05, 3.63) is 30.1 Å². The van der Waals surface area contributed by atoms with Gasteiger partial charge in [-0.3, -0.25) is 0 Å². The van der Waals surface area contributed by atoms with Gasteiger partial charge in [0.05, 0.1) is 0 Å². The van der Waals surface area contributed by atoms with Gasteiger partial charge in [0.2, 0.25) is 0 Å². The van der Waals surface area contributed by atoms with Crippen LogP contribution in [0, 0.1) is 5.82 Å². The summed E-state index contributed by atoms with van der Waals surface area (Å²) in [5, 5.41) is 2.97. The Hall–Kier alpha value is -0.750. The minimum Gasteiger partial charge on any atom is -0.316 e. The van der Waals surface area contributed by atoms with Crippen molar-refractivity contribution in [2.75, 3.05) is 12.8 Å². The average Bonchev–Trinajstić information content (AvgIpc) is 2.34. The number of alkyl halides is 3. The molecule has 0 heterocycles. The maximum absolute atomic E-state index is 13.4. The molecule has 1 aromatic carbocycles. The van der Waals surface area contributed by atoms with Gasteiger partial charge in [0.25, 0.3) is 0 Å². The van der Waals surface area contributed by atoms with Crippen LogP contribution >= 0.6 is 11.8 Å². The van der Waals surface area contributed by atoms with Gasteiger partial charge in [0.15, 0.2) is 0 Å². The summed E-state index contributed by atoms with van der Waals surface area (Å²) in [6.07, 6.45) is -4.35. The van der Waals surface area contributed by atoms with Gasteiger partial charge in [-0.15, -0.1) is 11.8 Å². The van der Waals surface area contributed by atoms with E-state index in [1.165, 1.54) is 17.8 Å². The lowest BCUT2D eigenvalue weighted by molar-refractivity contribution is -0.135. The van der Waals surface area contributed by atoms with Crippen molar-refractivity contribution in [2.24, 2.45) is 0 Å². The summed E-state index contributed by atoms with van der Waals surface area (Å²) in [6.45, 7) is 0. The quantitative estimate of drug-likeness (QED) is 0.596. The topological polar surface area (TPSA) is 12.0 Å². The van der Waals surface area contributed by atoms with E-state index in [0.29, 0.717) is 17.1 Å². The van der Waals surface area contributed by atoms with Crippen molar-refractivity contribution in [1.29, 1.82) is 0 Å². The number of benzene rings is 1. The number of halogens is 4. The second kappa shape index (κ2) is 7.75. The Kier molecular flexibility index (Phi) is 6.65. The van der Waals surface area contributed by atoms with E-state index < -0.39 is 12.6 Å². The van der Waals surface area contributed by atoms with Gasteiger partial charge in [-0.1, -0.05) is 12.1 Å². The lowest BCUT2D eigenvalue weighted by Crippen LogP contribution is -2.28. The Bertz CT molecular complexity index is 381. The molecule has 0 aliphatic rings. The SMILES string of the molecule is CNC(CCCC(F)(F)F)CSc1ccccc1F. The number of thioether (sulfide) groups is 1. The maximum Gasteiger partial charge on any atom is 0.389 e. The van der Waals surface area contributed by atoms with Gasteiger partial charge in [-0.05, 0) is 32.0 Å². The van der Waals surface area contributed by atoms with E-state index in [1.54, 1.807) is 25.2 Å². The zero-order valence-electron chi connectivity index (χ0n) is 10.6. The molecule has 1 aromatic rings. The summed E-state index contributed by atoms with van der Waals surface area (Å²) in [5.74, 6) is 0.257. The molecule has 1 unspecified atom stereocenters. The molecule has 108 valence electrons. The number of hydrogen-bond acceptors (Lipinski definition) is 2. The van der Waals surface area contributed by atoms with Gasteiger partial charge in [-0.25, -0.2) is 4.39 Å². The zero-order valence-corrected chi connectivity index (χ0v) is 11.5. The average molecular weight is 295 g/mol. The van der Waals surface area contributed by atoms with E-state index in [-0.39, 0.29) is 18.3 Å². The van der Waals surface area contributed by atoms with E-state index in [0.717, 1.165) is 0 Å². The molecular formula is C13H17F4NS. The normalized spacial score (nSPS) is 13.5. The summed E-state index contributed by atoms with van der Waals surface area (Å²) in [7, 11) is 1.71. The summed E-state index contributed by atoms with van der Waals surface area (Å²) in [6, 6.07) is 6.34. The first-order chi connectivity index (χ1) is 8.92. The molecule has 0 spiro atoms. The molecule has 0 aliphatic heterocycles. The third kappa shape index (κ3) is 6.82. The second-order valence-electron chi connectivity index (χ2n) is 4.23. The maximum atomic E-state index is 13.4. The Morgan fingerprint density at radius 1 is 1.26 bits per heavy atom. The highest BCUT2D eigenvalue weighted by Gasteiger charge is 2.26. The van der Waals surface area contributed by atoms with Crippen molar-refractivity contribution in [1.82, 2.24) is 5.32 Å². The molecule has 1 rings (SSSR count). The van der Waals surface area contributed by atoms with Crippen LogP contribution in [0.5, 0.6) is 0 Å². The third-order valence-corrected chi connectivity index (χ3v) is 3.91. The molecule has 6 heteroatoms. The molecule has 0 amide bonds. The van der Waals surface area contributed by atoms with E-state index in [2.05, 4.69) is 5.32 Å². The highest BCUT2D eigenvalue weighted by Crippen LogP contribution is 2.25. The molecule has 0 saturated heterocycles. The molecule has 0 fully saturated rings. The molecule has 0 aliphatic carbocycles.